The van der Waals surface area contributed by atoms with Gasteiger partial charge in [0.15, 0.2) is 12.5 Å². The summed E-state index contributed by atoms with van der Waals surface area (Å²) < 4.78 is 29.4. The molecule has 0 saturated carbocycles. The standard InChI is InChI=1S/C14H19N3OS.C10H9N2O.C4H11NOS/c1-10(16-19(18)14(2,3)4)11-6-7-13-12(8-11)9-17(5)15-13;1-7(13)8-3-4-10-9(5-8)6-12(2)11-10;1-4(2,3)7(5)6/h6-9H,1-5H3;3-6H,2H2,1H3;5H2,1-3H3/q;+1;/t19-;;7-/m0.0/s1. The minimum Gasteiger partial charge on any atom is -0.295 e. The summed E-state index contributed by atoms with van der Waals surface area (Å²) in [6.45, 7) is 18.4. The third-order valence-electron chi connectivity index (χ3n) is 5.34. The van der Waals surface area contributed by atoms with Crippen LogP contribution in [0.1, 0.15) is 71.3 Å². The third kappa shape index (κ3) is 9.52. The van der Waals surface area contributed by atoms with Crippen molar-refractivity contribution in [1.82, 2.24) is 9.78 Å². The van der Waals surface area contributed by atoms with E-state index in [1.165, 1.54) is 4.68 Å². The van der Waals surface area contributed by atoms with Gasteiger partial charge in [-0.1, -0.05) is 10.8 Å². The van der Waals surface area contributed by atoms with Crippen LogP contribution in [-0.4, -0.2) is 50.6 Å². The third-order valence-corrected chi connectivity index (χ3v) is 8.04. The van der Waals surface area contributed by atoms with Crippen LogP contribution in [0.15, 0.2) is 52.1 Å². The highest BCUT2D eigenvalue weighted by Crippen LogP contribution is 2.17. The Labute approximate surface area is 235 Å². The second kappa shape index (κ2) is 12.8. The molecule has 0 spiro atoms. The van der Waals surface area contributed by atoms with E-state index in [1.54, 1.807) is 23.9 Å². The Morgan fingerprint density at radius 2 is 1.59 bits per heavy atom. The number of Topliss-reactive ketones (excluding diaryl/α,β-unsaturated/α-hetero) is 1. The first kappa shape index (κ1) is 32.1. The van der Waals surface area contributed by atoms with Gasteiger partial charge in [0.05, 0.1) is 36.9 Å². The van der Waals surface area contributed by atoms with Crippen LogP contribution in [-0.2, 0) is 29.0 Å². The molecule has 0 amide bonds. The maximum atomic E-state index is 12.0. The molecule has 0 saturated heterocycles. The van der Waals surface area contributed by atoms with E-state index in [-0.39, 0.29) is 15.3 Å². The van der Waals surface area contributed by atoms with Crippen LogP contribution < -0.4 is 15.7 Å². The van der Waals surface area contributed by atoms with Gasteiger partial charge in [0.1, 0.15) is 16.3 Å². The van der Waals surface area contributed by atoms with Gasteiger partial charge in [-0.25, -0.2) is 8.42 Å². The molecule has 1 aliphatic heterocycles. The molecule has 2 atom stereocenters. The number of fused-ring (bicyclic) bond motifs is 2. The number of nitrogens with zero attached hydrogens (tertiary/aromatic N) is 5. The number of benzene rings is 2. The number of carbonyl (C=O) groups excluding carboxylic acids is 1. The highest BCUT2D eigenvalue weighted by molar-refractivity contribution is 7.85. The van der Waals surface area contributed by atoms with E-state index in [2.05, 4.69) is 21.3 Å². The first-order valence-electron chi connectivity index (χ1n) is 12.3. The lowest BCUT2D eigenvalue weighted by Crippen LogP contribution is -2.27. The van der Waals surface area contributed by atoms with E-state index < -0.39 is 22.0 Å². The molecule has 9 nitrogen and oxygen atoms in total. The van der Waals surface area contributed by atoms with Crippen molar-refractivity contribution >= 4 is 57.3 Å². The van der Waals surface area contributed by atoms with Gasteiger partial charge in [-0.05, 0) is 91.3 Å². The molecule has 0 radical (unpaired) electrons. The lowest BCUT2D eigenvalue weighted by atomic mass is 10.1. The predicted molar refractivity (Wildman–Crippen MR) is 162 cm³/mol. The lowest BCUT2D eigenvalue weighted by Gasteiger charge is -2.14. The molecule has 11 heteroatoms. The molecule has 2 N–H and O–H groups in total. The Bertz CT molecular complexity index is 1590. The number of hydrogen-bond donors (Lipinski definition) is 1. The molecular weight excluding hydrogens is 532 g/mol. The average Bonchev–Trinajstić information content (AvgIpc) is 3.37. The molecule has 0 unspecified atom stereocenters. The number of aromatic nitrogens is 2. The minimum atomic E-state index is -1.23. The van der Waals surface area contributed by atoms with E-state index in [4.69, 9.17) is 5.14 Å². The molecule has 0 fully saturated rings. The van der Waals surface area contributed by atoms with Crippen LogP contribution in [0.4, 0.5) is 0 Å². The van der Waals surface area contributed by atoms with Crippen molar-refractivity contribution in [1.29, 1.82) is 0 Å². The average molecular weight is 572 g/mol. The summed E-state index contributed by atoms with van der Waals surface area (Å²) in [6, 6.07) is 11.4. The van der Waals surface area contributed by atoms with Crippen molar-refractivity contribution in [3.8, 4) is 0 Å². The minimum absolute atomic E-state index is 0.0683. The molecule has 1 aromatic heterocycles. The van der Waals surface area contributed by atoms with Crippen LogP contribution in [0.5, 0.6) is 0 Å². The van der Waals surface area contributed by atoms with Gasteiger partial charge >= 0.3 is 0 Å². The Hall–Kier alpha value is -3.15. The van der Waals surface area contributed by atoms with Gasteiger partial charge in [-0.2, -0.15) is 9.50 Å². The second-order valence-corrected chi connectivity index (χ2v) is 14.7. The largest absolute Gasteiger partial charge is 0.295 e. The topological polar surface area (TPSA) is 123 Å². The number of carbonyl (C=O) groups is 1. The monoisotopic (exact) mass is 571 g/mol. The van der Waals surface area contributed by atoms with Gasteiger partial charge in [-0.15, -0.1) is 0 Å². The number of aryl methyl sites for hydroxylation is 1. The fourth-order valence-electron chi connectivity index (χ4n) is 2.98. The molecule has 0 bridgehead atoms. The summed E-state index contributed by atoms with van der Waals surface area (Å²) in [5.74, 6) is 0.0683. The smallest absolute Gasteiger partial charge is 0.211 e. The van der Waals surface area contributed by atoms with Crippen LogP contribution in [0.2, 0.25) is 0 Å². The molecule has 4 rings (SSSR count). The molecule has 0 aliphatic carbocycles. The van der Waals surface area contributed by atoms with Gasteiger partial charge in [-0.3, -0.25) is 14.6 Å². The Balaban J connectivity index is 0.000000230. The number of nitrogens with two attached hydrogens (primary N) is 1. The van der Waals surface area contributed by atoms with Crippen molar-refractivity contribution in [3.63, 3.8) is 0 Å². The van der Waals surface area contributed by atoms with Crippen molar-refractivity contribution in [3.05, 3.63) is 64.3 Å². The van der Waals surface area contributed by atoms with Crippen molar-refractivity contribution < 1.29 is 17.9 Å². The van der Waals surface area contributed by atoms with E-state index in [9.17, 15) is 13.2 Å². The van der Waals surface area contributed by atoms with Crippen LogP contribution in [0.25, 0.3) is 17.1 Å². The van der Waals surface area contributed by atoms with E-state index in [0.717, 1.165) is 32.8 Å². The van der Waals surface area contributed by atoms with Crippen LogP contribution >= 0.6 is 0 Å². The Morgan fingerprint density at radius 3 is 2.13 bits per heavy atom. The number of hydrogen-bond acceptors (Lipinski definition) is 5. The molecular formula is C28H39N6O3S2+. The fraction of sp³-hybridized carbons (Fsp3) is 0.393. The normalized spacial score (nSPS) is 14.6. The first-order chi connectivity index (χ1) is 17.9. The summed E-state index contributed by atoms with van der Waals surface area (Å²) in [5.41, 5.74) is 3.44. The summed E-state index contributed by atoms with van der Waals surface area (Å²) in [7, 11) is -0.514. The zero-order chi connectivity index (χ0) is 29.7. The SMILES string of the molecule is C=[N+]1C=c2cc(C(C)=O)ccc2=N1.CC(=N[S@@](=O)C(C)(C)C)c1ccc2nn(C)cc2c1.CC(C)(C)[S@@](N)=O. The quantitative estimate of drug-likeness (QED) is 0.295. The molecule has 210 valence electrons. The van der Waals surface area contributed by atoms with Crippen molar-refractivity contribution in [2.45, 2.75) is 64.9 Å². The fourth-order valence-corrected chi connectivity index (χ4v) is 3.61. The Kier molecular flexibility index (Phi) is 10.5. The van der Waals surface area contributed by atoms with Gasteiger partial charge in [0.2, 0.25) is 6.20 Å². The Morgan fingerprint density at radius 1 is 1.00 bits per heavy atom. The zero-order valence-corrected chi connectivity index (χ0v) is 25.8. The van der Waals surface area contributed by atoms with Crippen LogP contribution in [0, 0.1) is 0 Å². The summed E-state index contributed by atoms with van der Waals surface area (Å²) in [6.07, 6.45) is 3.76. The van der Waals surface area contributed by atoms with E-state index >= 15 is 0 Å². The molecule has 39 heavy (non-hydrogen) atoms. The van der Waals surface area contributed by atoms with Crippen LogP contribution in [0.3, 0.4) is 0 Å². The lowest BCUT2D eigenvalue weighted by molar-refractivity contribution is -0.417. The first-order valence-corrected chi connectivity index (χ1v) is 14.6. The van der Waals surface area contributed by atoms with E-state index in [1.807, 2.05) is 92.0 Å². The van der Waals surface area contributed by atoms with Gasteiger partial charge in [0, 0.05) is 29.3 Å². The maximum Gasteiger partial charge on any atom is 0.211 e. The number of rotatable bonds is 3. The second-order valence-electron chi connectivity index (χ2n) is 11.0. The number of ketones is 1. The zero-order valence-electron chi connectivity index (χ0n) is 24.2. The maximum absolute atomic E-state index is 12.0. The molecule has 1 aliphatic rings. The molecule has 3 aromatic rings. The van der Waals surface area contributed by atoms with Crippen molar-refractivity contribution in [2.75, 3.05) is 0 Å². The summed E-state index contributed by atoms with van der Waals surface area (Å²) >= 11 is 0. The summed E-state index contributed by atoms with van der Waals surface area (Å²) in [5, 5.41) is 16.4. The van der Waals surface area contributed by atoms with Crippen molar-refractivity contribution in [2.24, 2.45) is 21.7 Å². The predicted octanol–water partition coefficient (Wildman–Crippen LogP) is 3.14. The molecule has 2 heterocycles. The van der Waals surface area contributed by atoms with E-state index in [0.29, 0.717) is 5.56 Å². The molecule has 2 aromatic carbocycles. The van der Waals surface area contributed by atoms with Gasteiger partial charge in [0.25, 0.3) is 0 Å². The van der Waals surface area contributed by atoms with Gasteiger partial charge < -0.3 is 0 Å². The summed E-state index contributed by atoms with van der Waals surface area (Å²) in [4.78, 5) is 11.1. The highest BCUT2D eigenvalue weighted by atomic mass is 32.2. The highest BCUT2D eigenvalue weighted by Gasteiger charge is 2.19.